The lowest BCUT2D eigenvalue weighted by Gasteiger charge is -2.02. The van der Waals surface area contributed by atoms with Crippen molar-refractivity contribution in [3.05, 3.63) is 12.2 Å². The van der Waals surface area contributed by atoms with Gasteiger partial charge in [0, 0.05) is 0 Å². The summed E-state index contributed by atoms with van der Waals surface area (Å²) in [5.41, 5.74) is 5.59. The Labute approximate surface area is 89.4 Å². The summed E-state index contributed by atoms with van der Waals surface area (Å²) in [6, 6.07) is 0. The van der Waals surface area contributed by atoms with Crippen LogP contribution in [0.2, 0.25) is 0 Å². The maximum atomic E-state index is 5.59. The fraction of sp³-hybridized carbons (Fsp3) is 0.286. The lowest BCUT2D eigenvalue weighted by atomic mass is 10.5. The SMILES string of the molecule is COc1c(N)nsc1NCc1ncon1. The predicted molar refractivity (Wildman–Crippen MR) is 54.7 cm³/mol. The summed E-state index contributed by atoms with van der Waals surface area (Å²) >= 11 is 1.23. The maximum absolute atomic E-state index is 5.59. The highest BCUT2D eigenvalue weighted by Gasteiger charge is 2.11. The van der Waals surface area contributed by atoms with E-state index < -0.39 is 0 Å². The van der Waals surface area contributed by atoms with E-state index >= 15 is 0 Å². The second-order valence-corrected chi connectivity index (χ2v) is 3.40. The molecular weight excluding hydrogens is 218 g/mol. The van der Waals surface area contributed by atoms with Crippen LogP contribution in [-0.4, -0.2) is 21.6 Å². The Morgan fingerprint density at radius 2 is 2.53 bits per heavy atom. The van der Waals surface area contributed by atoms with Gasteiger partial charge in [-0.05, 0) is 11.5 Å². The Kier molecular flexibility index (Phi) is 2.68. The van der Waals surface area contributed by atoms with Crippen LogP contribution in [0.4, 0.5) is 10.8 Å². The molecule has 0 atom stereocenters. The number of hydrogen-bond acceptors (Lipinski definition) is 8. The van der Waals surface area contributed by atoms with Gasteiger partial charge in [-0.15, -0.1) is 0 Å². The molecular formula is C7H9N5O2S. The van der Waals surface area contributed by atoms with Gasteiger partial charge in [-0.2, -0.15) is 9.36 Å². The number of ether oxygens (including phenoxy) is 1. The van der Waals surface area contributed by atoms with Gasteiger partial charge in [-0.25, -0.2) is 0 Å². The van der Waals surface area contributed by atoms with E-state index in [9.17, 15) is 0 Å². The van der Waals surface area contributed by atoms with E-state index in [-0.39, 0.29) is 0 Å². The number of anilines is 2. The molecule has 2 rings (SSSR count). The lowest BCUT2D eigenvalue weighted by molar-refractivity contribution is 0.410. The first-order valence-electron chi connectivity index (χ1n) is 4.09. The molecule has 8 heteroatoms. The quantitative estimate of drug-likeness (QED) is 0.794. The summed E-state index contributed by atoms with van der Waals surface area (Å²) in [4.78, 5) is 3.87. The molecule has 0 bridgehead atoms. The van der Waals surface area contributed by atoms with Crippen molar-refractivity contribution in [2.75, 3.05) is 18.2 Å². The third-order valence-corrected chi connectivity index (χ3v) is 2.49. The molecule has 0 aromatic carbocycles. The normalized spacial score (nSPS) is 10.2. The highest BCUT2D eigenvalue weighted by atomic mass is 32.1. The number of nitrogen functional groups attached to an aromatic ring is 1. The molecule has 0 amide bonds. The standard InChI is InChI=1S/C7H9N5O2S/c1-13-5-6(8)12-15-7(5)9-2-4-10-3-14-11-4/h3,9H,2H2,1H3,(H2,8,12). The molecule has 0 aliphatic rings. The molecule has 0 saturated heterocycles. The summed E-state index contributed by atoms with van der Waals surface area (Å²) in [5.74, 6) is 1.48. The molecule has 2 aromatic rings. The molecule has 0 aliphatic carbocycles. The lowest BCUT2D eigenvalue weighted by Crippen LogP contribution is -2.01. The Morgan fingerprint density at radius 1 is 1.67 bits per heavy atom. The van der Waals surface area contributed by atoms with Crippen LogP contribution in [0.3, 0.4) is 0 Å². The first kappa shape index (κ1) is 9.71. The minimum absolute atomic E-state index is 0.373. The Morgan fingerprint density at radius 3 is 3.20 bits per heavy atom. The third-order valence-electron chi connectivity index (χ3n) is 1.69. The molecule has 80 valence electrons. The Balaban J connectivity index is 2.05. The summed E-state index contributed by atoms with van der Waals surface area (Å²) < 4.78 is 13.6. The molecule has 0 saturated carbocycles. The number of nitrogens with one attached hydrogen (secondary N) is 1. The minimum Gasteiger partial charge on any atom is -0.490 e. The van der Waals surface area contributed by atoms with Crippen LogP contribution in [0, 0.1) is 0 Å². The summed E-state index contributed by atoms with van der Waals surface area (Å²) in [5, 5.41) is 7.46. The smallest absolute Gasteiger partial charge is 0.213 e. The zero-order chi connectivity index (χ0) is 10.7. The van der Waals surface area contributed by atoms with E-state index in [1.165, 1.54) is 17.9 Å². The van der Waals surface area contributed by atoms with Gasteiger partial charge in [0.2, 0.25) is 6.39 Å². The molecule has 3 N–H and O–H groups in total. The van der Waals surface area contributed by atoms with Gasteiger partial charge in [0.1, 0.15) is 0 Å². The van der Waals surface area contributed by atoms with Crippen molar-refractivity contribution in [3.63, 3.8) is 0 Å². The van der Waals surface area contributed by atoms with Crippen LogP contribution in [-0.2, 0) is 6.54 Å². The van der Waals surface area contributed by atoms with Crippen molar-refractivity contribution < 1.29 is 9.26 Å². The van der Waals surface area contributed by atoms with Gasteiger partial charge in [0.05, 0.1) is 13.7 Å². The van der Waals surface area contributed by atoms with E-state index in [1.54, 1.807) is 7.11 Å². The highest BCUT2D eigenvalue weighted by Crippen LogP contribution is 2.34. The maximum Gasteiger partial charge on any atom is 0.213 e. The molecule has 2 heterocycles. The predicted octanol–water partition coefficient (Wildman–Crippen LogP) is 0.729. The first-order valence-corrected chi connectivity index (χ1v) is 4.87. The monoisotopic (exact) mass is 227 g/mol. The van der Waals surface area contributed by atoms with E-state index in [0.29, 0.717) is 23.9 Å². The van der Waals surface area contributed by atoms with Crippen LogP contribution < -0.4 is 15.8 Å². The van der Waals surface area contributed by atoms with Gasteiger partial charge in [0.15, 0.2) is 22.4 Å². The fourth-order valence-electron chi connectivity index (χ4n) is 1.03. The average Bonchev–Trinajstić information content (AvgIpc) is 2.84. The van der Waals surface area contributed by atoms with Crippen molar-refractivity contribution >= 4 is 22.4 Å². The highest BCUT2D eigenvalue weighted by molar-refractivity contribution is 7.11. The molecule has 0 unspecified atom stereocenters. The molecule has 2 aromatic heterocycles. The number of methoxy groups -OCH3 is 1. The number of hydrogen-bond donors (Lipinski definition) is 2. The number of aromatic nitrogens is 3. The van der Waals surface area contributed by atoms with E-state index in [4.69, 9.17) is 10.5 Å². The van der Waals surface area contributed by atoms with Crippen LogP contribution in [0.15, 0.2) is 10.9 Å². The van der Waals surface area contributed by atoms with E-state index in [2.05, 4.69) is 24.4 Å². The van der Waals surface area contributed by atoms with Crippen molar-refractivity contribution in [2.45, 2.75) is 6.54 Å². The van der Waals surface area contributed by atoms with Crippen LogP contribution in [0.1, 0.15) is 5.82 Å². The van der Waals surface area contributed by atoms with Crippen molar-refractivity contribution in [2.24, 2.45) is 0 Å². The summed E-state index contributed by atoms with van der Waals surface area (Å²) in [7, 11) is 1.54. The Hall–Kier alpha value is -1.83. The second-order valence-electron chi connectivity index (χ2n) is 2.63. The van der Waals surface area contributed by atoms with Gasteiger partial charge in [-0.1, -0.05) is 5.16 Å². The number of rotatable bonds is 4. The summed E-state index contributed by atoms with van der Waals surface area (Å²) in [6.45, 7) is 0.439. The van der Waals surface area contributed by atoms with E-state index in [0.717, 1.165) is 5.00 Å². The van der Waals surface area contributed by atoms with Gasteiger partial charge >= 0.3 is 0 Å². The topological polar surface area (TPSA) is 99.1 Å². The van der Waals surface area contributed by atoms with Gasteiger partial charge < -0.3 is 20.3 Å². The minimum atomic E-state index is 0.373. The zero-order valence-corrected chi connectivity index (χ0v) is 8.74. The van der Waals surface area contributed by atoms with Crippen molar-refractivity contribution in [1.29, 1.82) is 0 Å². The van der Waals surface area contributed by atoms with Crippen LogP contribution in [0.5, 0.6) is 5.75 Å². The summed E-state index contributed by atoms with van der Waals surface area (Å²) in [6.07, 6.45) is 1.27. The van der Waals surface area contributed by atoms with E-state index in [1.807, 2.05) is 0 Å². The first-order chi connectivity index (χ1) is 7.31. The van der Waals surface area contributed by atoms with Crippen molar-refractivity contribution in [1.82, 2.24) is 14.5 Å². The molecule has 0 aliphatic heterocycles. The third kappa shape index (κ3) is 1.99. The molecule has 0 radical (unpaired) electrons. The second kappa shape index (κ2) is 4.13. The number of nitrogens with zero attached hydrogens (tertiary/aromatic N) is 3. The molecule has 0 spiro atoms. The van der Waals surface area contributed by atoms with Gasteiger partial charge in [0.25, 0.3) is 0 Å². The van der Waals surface area contributed by atoms with Crippen LogP contribution in [0.25, 0.3) is 0 Å². The van der Waals surface area contributed by atoms with Crippen LogP contribution >= 0.6 is 11.5 Å². The van der Waals surface area contributed by atoms with Crippen molar-refractivity contribution in [3.8, 4) is 5.75 Å². The zero-order valence-electron chi connectivity index (χ0n) is 7.93. The fourth-order valence-corrected chi connectivity index (χ4v) is 1.71. The average molecular weight is 227 g/mol. The van der Waals surface area contributed by atoms with Gasteiger partial charge in [-0.3, -0.25) is 0 Å². The molecule has 7 nitrogen and oxygen atoms in total. The molecule has 0 fully saturated rings. The largest absolute Gasteiger partial charge is 0.490 e. The number of nitrogens with two attached hydrogens (primary N) is 1. The molecule has 15 heavy (non-hydrogen) atoms. The Bertz CT molecular complexity index is 427.